The molecule has 0 aromatic heterocycles. The molecular weight excluding hydrogens is 461 g/mol. The Labute approximate surface area is 214 Å². The molecule has 2 N–H and O–H groups in total. The van der Waals surface area contributed by atoms with Crippen LogP contribution >= 0.6 is 11.8 Å². The van der Waals surface area contributed by atoms with E-state index < -0.39 is 12.5 Å². The van der Waals surface area contributed by atoms with E-state index in [1.807, 2.05) is 18.2 Å². The second-order valence-corrected chi connectivity index (χ2v) is 10.3. The first-order chi connectivity index (χ1) is 17.7. The largest absolute Gasteiger partial charge is 0.488 e. The molecule has 7 rings (SSSR count). The van der Waals surface area contributed by atoms with Gasteiger partial charge in [0.05, 0.1) is 16.8 Å². The average molecular weight is 483 g/mol. The summed E-state index contributed by atoms with van der Waals surface area (Å²) in [5, 5.41) is 19.9. The molecule has 0 saturated heterocycles. The van der Waals surface area contributed by atoms with Crippen molar-refractivity contribution in [3.05, 3.63) is 144 Å². The lowest BCUT2D eigenvalue weighted by Crippen LogP contribution is -2.40. The molecule has 2 aliphatic rings. The number of hydrogen-bond donors (Lipinski definition) is 2. The minimum absolute atomic E-state index is 0.499. The van der Waals surface area contributed by atoms with Gasteiger partial charge in [-0.2, -0.15) is 0 Å². The molecule has 0 saturated carbocycles. The van der Waals surface area contributed by atoms with Crippen molar-refractivity contribution in [1.29, 1.82) is 0 Å². The zero-order chi connectivity index (χ0) is 24.3. The Bertz CT molecular complexity index is 1570. The van der Waals surface area contributed by atoms with E-state index in [1.165, 1.54) is 21.6 Å². The highest BCUT2D eigenvalue weighted by atomic mass is 32.2. The van der Waals surface area contributed by atoms with Crippen LogP contribution in [0.3, 0.4) is 0 Å². The van der Waals surface area contributed by atoms with E-state index >= 15 is 0 Å². The summed E-state index contributed by atoms with van der Waals surface area (Å²) in [7, 11) is -1.51. The van der Waals surface area contributed by atoms with E-state index in [4.69, 9.17) is 0 Å². The summed E-state index contributed by atoms with van der Waals surface area (Å²) in [6.07, 6.45) is 0. The van der Waals surface area contributed by atoms with Gasteiger partial charge >= 0.3 is 7.12 Å². The van der Waals surface area contributed by atoms with Gasteiger partial charge in [0.2, 0.25) is 0 Å². The lowest BCUT2D eigenvalue weighted by Gasteiger charge is -2.49. The number of nitrogens with zero attached hydrogens (tertiary/aromatic N) is 1. The first kappa shape index (κ1) is 21.5. The molecule has 0 fully saturated rings. The molecule has 2 aliphatic heterocycles. The standard InChI is InChI=1S/C31H22BNO2S/c34-32(35)21-18-19-26-30(20-21)36-29-17-9-6-14-25(29)31(26)23-12-4-7-15-27(23)33(22-10-2-1-3-11-22)28-16-8-5-13-24(28)31/h1-20,34-35H. The predicted octanol–water partition coefficient (Wildman–Crippen LogP) is 6.00. The molecule has 0 unspecified atom stereocenters. The normalized spacial score (nSPS) is 14.4. The minimum atomic E-state index is -1.51. The van der Waals surface area contributed by atoms with E-state index in [1.54, 1.807) is 11.8 Å². The van der Waals surface area contributed by atoms with Crippen molar-refractivity contribution in [2.45, 2.75) is 15.2 Å². The van der Waals surface area contributed by atoms with Crippen LogP contribution in [0, 0.1) is 0 Å². The van der Waals surface area contributed by atoms with Gasteiger partial charge in [-0.1, -0.05) is 96.7 Å². The molecule has 0 bridgehead atoms. The molecule has 1 spiro atoms. The predicted molar refractivity (Wildman–Crippen MR) is 147 cm³/mol. The van der Waals surface area contributed by atoms with Crippen LogP contribution in [0.4, 0.5) is 17.1 Å². The summed E-state index contributed by atoms with van der Waals surface area (Å²) < 4.78 is 0. The SMILES string of the molecule is OB(O)c1ccc2c(c1)Sc1ccccc1C21c2ccccc2N(c2ccccc2)c2ccccc21. The Morgan fingerprint density at radius 2 is 1.11 bits per heavy atom. The summed E-state index contributed by atoms with van der Waals surface area (Å²) >= 11 is 1.69. The molecule has 0 radical (unpaired) electrons. The van der Waals surface area contributed by atoms with Gasteiger partial charge in [-0.25, -0.2) is 0 Å². The quantitative estimate of drug-likeness (QED) is 0.296. The Morgan fingerprint density at radius 1 is 0.556 bits per heavy atom. The fraction of sp³-hybridized carbons (Fsp3) is 0.0323. The van der Waals surface area contributed by atoms with E-state index in [0.717, 1.165) is 27.5 Å². The van der Waals surface area contributed by atoms with Crippen molar-refractivity contribution in [1.82, 2.24) is 0 Å². The molecule has 172 valence electrons. The fourth-order valence-corrected chi connectivity index (χ4v) is 7.15. The van der Waals surface area contributed by atoms with Gasteiger partial charge in [-0.3, -0.25) is 0 Å². The lowest BCUT2D eigenvalue weighted by atomic mass is 9.61. The highest BCUT2D eigenvalue weighted by molar-refractivity contribution is 7.99. The van der Waals surface area contributed by atoms with Crippen LogP contribution in [0.15, 0.2) is 131 Å². The van der Waals surface area contributed by atoms with Crippen LogP contribution in [-0.4, -0.2) is 17.2 Å². The van der Waals surface area contributed by atoms with Gasteiger partial charge in [0.25, 0.3) is 0 Å². The van der Waals surface area contributed by atoms with Crippen molar-refractivity contribution >= 4 is 41.4 Å². The molecule has 5 aromatic rings. The van der Waals surface area contributed by atoms with E-state index in [9.17, 15) is 10.0 Å². The molecule has 5 heteroatoms. The van der Waals surface area contributed by atoms with Crippen LogP contribution in [0.2, 0.25) is 0 Å². The maximum Gasteiger partial charge on any atom is 0.488 e. The highest BCUT2D eigenvalue weighted by Gasteiger charge is 2.50. The Balaban J connectivity index is 1.64. The number of anilines is 3. The molecule has 36 heavy (non-hydrogen) atoms. The number of rotatable bonds is 2. The van der Waals surface area contributed by atoms with E-state index in [0.29, 0.717) is 5.46 Å². The van der Waals surface area contributed by atoms with Crippen LogP contribution in [0.5, 0.6) is 0 Å². The van der Waals surface area contributed by atoms with Crippen molar-refractivity contribution in [2.75, 3.05) is 4.90 Å². The average Bonchev–Trinajstić information content (AvgIpc) is 2.93. The van der Waals surface area contributed by atoms with Gasteiger partial charge in [0, 0.05) is 15.5 Å². The zero-order valence-electron chi connectivity index (χ0n) is 19.4. The Hall–Kier alpha value is -3.77. The monoisotopic (exact) mass is 483 g/mol. The van der Waals surface area contributed by atoms with Gasteiger partial charge in [-0.15, -0.1) is 0 Å². The van der Waals surface area contributed by atoms with Gasteiger partial charge in [-0.05, 0) is 64.1 Å². The Kier molecular flexibility index (Phi) is 4.86. The van der Waals surface area contributed by atoms with Crippen LogP contribution in [-0.2, 0) is 5.41 Å². The summed E-state index contributed by atoms with van der Waals surface area (Å²) in [4.78, 5) is 4.57. The number of para-hydroxylation sites is 3. The molecule has 0 atom stereocenters. The molecule has 3 nitrogen and oxygen atoms in total. The molecular formula is C31H22BNO2S. The van der Waals surface area contributed by atoms with Gasteiger partial charge in [0.15, 0.2) is 0 Å². The third kappa shape index (κ3) is 2.91. The molecule has 5 aromatic carbocycles. The zero-order valence-corrected chi connectivity index (χ0v) is 20.2. The van der Waals surface area contributed by atoms with Crippen molar-refractivity contribution in [3.8, 4) is 0 Å². The molecule has 0 aliphatic carbocycles. The topological polar surface area (TPSA) is 43.7 Å². The van der Waals surface area contributed by atoms with Crippen LogP contribution < -0.4 is 10.4 Å². The van der Waals surface area contributed by atoms with E-state index in [-0.39, 0.29) is 0 Å². The van der Waals surface area contributed by atoms with Crippen LogP contribution in [0.1, 0.15) is 22.3 Å². The third-order valence-electron chi connectivity index (χ3n) is 7.33. The highest BCUT2D eigenvalue weighted by Crippen LogP contribution is 2.62. The second kappa shape index (κ2) is 8.14. The minimum Gasteiger partial charge on any atom is -0.423 e. The first-order valence-corrected chi connectivity index (χ1v) is 12.8. The van der Waals surface area contributed by atoms with Gasteiger partial charge in [0.1, 0.15) is 0 Å². The van der Waals surface area contributed by atoms with Crippen LogP contribution in [0.25, 0.3) is 0 Å². The van der Waals surface area contributed by atoms with Crippen molar-refractivity contribution < 1.29 is 10.0 Å². The molecule has 0 amide bonds. The molecule has 2 heterocycles. The maximum absolute atomic E-state index is 9.94. The Morgan fingerprint density at radius 3 is 1.78 bits per heavy atom. The number of hydrogen-bond acceptors (Lipinski definition) is 4. The number of benzene rings is 5. The smallest absolute Gasteiger partial charge is 0.423 e. The van der Waals surface area contributed by atoms with Crippen molar-refractivity contribution in [3.63, 3.8) is 0 Å². The number of fused-ring (bicyclic) bond motifs is 8. The maximum atomic E-state index is 9.94. The fourth-order valence-electron chi connectivity index (χ4n) is 5.90. The second-order valence-electron chi connectivity index (χ2n) is 9.18. The summed E-state index contributed by atoms with van der Waals surface area (Å²) in [5.74, 6) is 0. The van der Waals surface area contributed by atoms with Gasteiger partial charge < -0.3 is 14.9 Å². The summed E-state index contributed by atoms with van der Waals surface area (Å²) in [5.41, 5.74) is 8.16. The third-order valence-corrected chi connectivity index (χ3v) is 8.46. The first-order valence-electron chi connectivity index (χ1n) is 12.0. The van der Waals surface area contributed by atoms with Crippen molar-refractivity contribution in [2.24, 2.45) is 0 Å². The lowest BCUT2D eigenvalue weighted by molar-refractivity contribution is 0.425. The summed E-state index contributed by atoms with van der Waals surface area (Å²) in [6.45, 7) is 0. The summed E-state index contributed by atoms with van der Waals surface area (Å²) in [6, 6.07) is 42.3. The van der Waals surface area contributed by atoms with E-state index in [2.05, 4.69) is 108 Å².